The second-order valence-corrected chi connectivity index (χ2v) is 10.7. The Kier molecular flexibility index (Phi) is 10.6. The Morgan fingerprint density at radius 1 is 1.03 bits per heavy atom. The minimum atomic E-state index is -0.403. The van der Waals surface area contributed by atoms with Crippen LogP contribution in [0.25, 0.3) is 0 Å². The van der Waals surface area contributed by atoms with Crippen molar-refractivity contribution in [2.24, 2.45) is 17.8 Å². The molecule has 0 aliphatic heterocycles. The molecule has 1 aromatic carbocycles. The summed E-state index contributed by atoms with van der Waals surface area (Å²) in [5, 5.41) is 14.6. The van der Waals surface area contributed by atoms with Crippen LogP contribution in [0.2, 0.25) is 0 Å². The molecule has 7 nitrogen and oxygen atoms in total. The number of hydrogen-bond donors (Lipinski definition) is 1. The van der Waals surface area contributed by atoms with Crippen LogP contribution in [0.3, 0.4) is 0 Å². The SMILES string of the molecule is CS/C(=C\[N+](=O)[O-])NCC1CCC(CN(CC2CCCCC2)C(=O)N(C)c2ccccc2)CC1. The van der Waals surface area contributed by atoms with Gasteiger partial charge in [0.2, 0.25) is 0 Å². The number of carbonyl (C=O) groups excluding carboxylic acids is 1. The molecular formula is C26H40N4O3S. The van der Waals surface area contributed by atoms with E-state index in [4.69, 9.17) is 0 Å². The molecule has 0 radical (unpaired) electrons. The number of nitro groups is 1. The van der Waals surface area contributed by atoms with Gasteiger partial charge in [-0.1, -0.05) is 37.5 Å². The summed E-state index contributed by atoms with van der Waals surface area (Å²) in [5.74, 6) is 1.65. The van der Waals surface area contributed by atoms with Gasteiger partial charge in [-0.25, -0.2) is 4.79 Å². The third kappa shape index (κ3) is 8.22. The molecule has 0 atom stereocenters. The Bertz CT molecular complexity index is 806. The molecule has 8 heteroatoms. The molecule has 1 aromatic rings. The molecule has 2 saturated carbocycles. The Hall–Kier alpha value is -2.22. The van der Waals surface area contributed by atoms with Gasteiger partial charge in [0.15, 0.2) is 0 Å². The molecular weight excluding hydrogens is 448 g/mol. The quantitative estimate of drug-likeness (QED) is 0.325. The number of rotatable bonds is 10. The molecule has 0 heterocycles. The summed E-state index contributed by atoms with van der Waals surface area (Å²) in [5.41, 5.74) is 0.934. The van der Waals surface area contributed by atoms with Crippen molar-refractivity contribution in [3.05, 3.63) is 51.7 Å². The molecule has 2 fully saturated rings. The zero-order valence-corrected chi connectivity index (χ0v) is 21.5. The van der Waals surface area contributed by atoms with Gasteiger partial charge in [-0.05, 0) is 74.7 Å². The summed E-state index contributed by atoms with van der Waals surface area (Å²) in [4.78, 5) is 27.8. The summed E-state index contributed by atoms with van der Waals surface area (Å²) < 4.78 is 0. The number of para-hydroxylation sites is 1. The molecule has 0 aromatic heterocycles. The zero-order valence-electron chi connectivity index (χ0n) is 20.7. The number of amides is 2. The van der Waals surface area contributed by atoms with Crippen LogP contribution in [0.4, 0.5) is 10.5 Å². The van der Waals surface area contributed by atoms with E-state index >= 15 is 0 Å². The molecule has 1 N–H and O–H groups in total. The number of carbonyl (C=O) groups is 1. The molecule has 0 bridgehead atoms. The van der Waals surface area contributed by atoms with E-state index in [9.17, 15) is 14.9 Å². The Labute approximate surface area is 208 Å². The van der Waals surface area contributed by atoms with E-state index in [1.807, 2.05) is 43.6 Å². The van der Waals surface area contributed by atoms with Crippen LogP contribution in [-0.4, -0.2) is 48.8 Å². The minimum absolute atomic E-state index is 0.107. The predicted octanol–water partition coefficient (Wildman–Crippen LogP) is 5.96. The predicted molar refractivity (Wildman–Crippen MR) is 140 cm³/mol. The summed E-state index contributed by atoms with van der Waals surface area (Å²) >= 11 is 1.38. The number of anilines is 1. The van der Waals surface area contributed by atoms with Crippen molar-refractivity contribution in [3.8, 4) is 0 Å². The van der Waals surface area contributed by atoms with Gasteiger partial charge in [-0.3, -0.25) is 15.0 Å². The van der Waals surface area contributed by atoms with Gasteiger partial charge in [0, 0.05) is 32.4 Å². The van der Waals surface area contributed by atoms with E-state index in [1.54, 1.807) is 4.90 Å². The van der Waals surface area contributed by atoms with Gasteiger partial charge in [-0.15, -0.1) is 11.8 Å². The molecule has 188 valence electrons. The fourth-order valence-corrected chi connectivity index (χ4v) is 5.75. The highest BCUT2D eigenvalue weighted by Gasteiger charge is 2.29. The van der Waals surface area contributed by atoms with E-state index in [0.717, 1.165) is 57.2 Å². The average Bonchev–Trinajstić information content (AvgIpc) is 2.87. The van der Waals surface area contributed by atoms with Crippen molar-refractivity contribution in [1.82, 2.24) is 10.2 Å². The van der Waals surface area contributed by atoms with E-state index in [2.05, 4.69) is 10.2 Å². The van der Waals surface area contributed by atoms with Crippen LogP contribution in [-0.2, 0) is 0 Å². The third-order valence-electron chi connectivity index (χ3n) is 7.36. The maximum atomic E-state index is 13.5. The summed E-state index contributed by atoms with van der Waals surface area (Å²) in [6.07, 6.45) is 13.6. The van der Waals surface area contributed by atoms with Crippen molar-refractivity contribution in [2.45, 2.75) is 57.8 Å². The summed E-state index contributed by atoms with van der Waals surface area (Å²) in [6.45, 7) is 2.46. The molecule has 0 unspecified atom stereocenters. The maximum Gasteiger partial charge on any atom is 0.324 e. The lowest BCUT2D eigenvalue weighted by atomic mass is 9.81. The number of hydrogen-bond acceptors (Lipinski definition) is 5. The molecule has 34 heavy (non-hydrogen) atoms. The first kappa shape index (κ1) is 26.4. The first-order valence-electron chi connectivity index (χ1n) is 12.7. The monoisotopic (exact) mass is 488 g/mol. The van der Waals surface area contributed by atoms with Crippen LogP contribution >= 0.6 is 11.8 Å². The van der Waals surface area contributed by atoms with E-state index in [-0.39, 0.29) is 6.03 Å². The van der Waals surface area contributed by atoms with Crippen molar-refractivity contribution in [3.63, 3.8) is 0 Å². The second-order valence-electron chi connectivity index (χ2n) is 9.84. The fraction of sp³-hybridized carbons (Fsp3) is 0.654. The zero-order chi connectivity index (χ0) is 24.3. The average molecular weight is 489 g/mol. The highest BCUT2D eigenvalue weighted by atomic mass is 32.2. The second kappa shape index (κ2) is 13.6. The highest BCUT2D eigenvalue weighted by molar-refractivity contribution is 8.02. The van der Waals surface area contributed by atoms with Gasteiger partial charge in [-0.2, -0.15) is 0 Å². The van der Waals surface area contributed by atoms with Crippen LogP contribution in [0.15, 0.2) is 41.6 Å². The molecule has 0 spiro atoms. The Morgan fingerprint density at radius 2 is 1.62 bits per heavy atom. The number of nitrogens with zero attached hydrogens (tertiary/aromatic N) is 3. The van der Waals surface area contributed by atoms with E-state index in [1.165, 1.54) is 43.9 Å². The number of thioether (sulfide) groups is 1. The Balaban J connectivity index is 1.56. The third-order valence-corrected chi connectivity index (χ3v) is 8.05. The first-order chi connectivity index (χ1) is 16.5. The van der Waals surface area contributed by atoms with Gasteiger partial charge in [0.05, 0.1) is 4.92 Å². The lowest BCUT2D eigenvalue weighted by Crippen LogP contribution is -2.46. The van der Waals surface area contributed by atoms with Crippen molar-refractivity contribution >= 4 is 23.5 Å². The van der Waals surface area contributed by atoms with E-state index in [0.29, 0.717) is 22.8 Å². The molecule has 3 rings (SSSR count). The number of urea groups is 1. The first-order valence-corrected chi connectivity index (χ1v) is 13.9. The van der Waals surface area contributed by atoms with Crippen molar-refractivity contribution in [2.75, 3.05) is 37.8 Å². The van der Waals surface area contributed by atoms with Gasteiger partial charge in [0.25, 0.3) is 6.20 Å². The molecule has 0 saturated heterocycles. The van der Waals surface area contributed by atoms with E-state index < -0.39 is 4.92 Å². The van der Waals surface area contributed by atoms with Crippen LogP contribution in [0, 0.1) is 27.9 Å². The standard InChI is InChI=1S/C26H40N4O3S/c1-28(24-11-7-4-8-12-24)26(31)29(18-22-9-5-3-6-10-22)19-23-15-13-21(14-16-23)17-27-25(34-2)20-30(32)33/h4,7-8,11-12,20-23,27H,3,5-6,9-10,13-19H2,1-2H3/b25-20-. The van der Waals surface area contributed by atoms with Gasteiger partial charge in [0.1, 0.15) is 5.03 Å². The van der Waals surface area contributed by atoms with Crippen molar-refractivity contribution in [1.29, 1.82) is 0 Å². The summed E-state index contributed by atoms with van der Waals surface area (Å²) in [6, 6.07) is 10.0. The Morgan fingerprint density at radius 3 is 2.21 bits per heavy atom. The lowest BCUT2D eigenvalue weighted by Gasteiger charge is -2.37. The highest BCUT2D eigenvalue weighted by Crippen LogP contribution is 2.31. The topological polar surface area (TPSA) is 78.7 Å². The van der Waals surface area contributed by atoms with Gasteiger partial charge >= 0.3 is 6.03 Å². The van der Waals surface area contributed by atoms with Crippen LogP contribution in [0.1, 0.15) is 57.8 Å². The smallest absolute Gasteiger partial charge is 0.324 e. The largest absolute Gasteiger partial charge is 0.375 e. The normalized spacial score (nSPS) is 21.6. The maximum absolute atomic E-state index is 13.5. The molecule has 2 aliphatic carbocycles. The van der Waals surface area contributed by atoms with Crippen molar-refractivity contribution < 1.29 is 9.72 Å². The van der Waals surface area contributed by atoms with Crippen LogP contribution in [0.5, 0.6) is 0 Å². The van der Waals surface area contributed by atoms with Gasteiger partial charge < -0.3 is 10.2 Å². The number of nitrogens with one attached hydrogen (secondary N) is 1. The minimum Gasteiger partial charge on any atom is -0.375 e. The summed E-state index contributed by atoms with van der Waals surface area (Å²) in [7, 11) is 1.88. The van der Waals surface area contributed by atoms with Crippen LogP contribution < -0.4 is 10.2 Å². The lowest BCUT2D eigenvalue weighted by molar-refractivity contribution is -0.403. The number of benzene rings is 1. The fourth-order valence-electron chi connectivity index (χ4n) is 5.33. The molecule has 2 amide bonds. The molecule has 2 aliphatic rings.